The van der Waals surface area contributed by atoms with Crippen molar-refractivity contribution in [3.63, 3.8) is 0 Å². The van der Waals surface area contributed by atoms with Crippen LogP contribution < -0.4 is 10.9 Å². The van der Waals surface area contributed by atoms with Crippen molar-refractivity contribution in [3.05, 3.63) is 34.4 Å². The van der Waals surface area contributed by atoms with Crippen LogP contribution >= 0.6 is 11.8 Å². The van der Waals surface area contributed by atoms with E-state index in [1.165, 1.54) is 25.7 Å². The van der Waals surface area contributed by atoms with E-state index in [9.17, 15) is 18.0 Å². The molecule has 0 bridgehead atoms. The molecule has 0 radical (unpaired) electrons. The average Bonchev–Trinajstić information content (AvgIpc) is 3.24. The molecule has 0 amide bonds. The van der Waals surface area contributed by atoms with Crippen molar-refractivity contribution in [1.29, 1.82) is 0 Å². The Morgan fingerprint density at radius 2 is 1.88 bits per heavy atom. The summed E-state index contributed by atoms with van der Waals surface area (Å²) in [6.45, 7) is 1.45. The van der Waals surface area contributed by atoms with Gasteiger partial charge < -0.3 is 15.2 Å². The summed E-state index contributed by atoms with van der Waals surface area (Å²) in [7, 11) is 0. The van der Waals surface area contributed by atoms with Crippen LogP contribution in [0.4, 0.5) is 18.9 Å². The maximum absolute atomic E-state index is 12.5. The standard InChI is InChI=1S/C22H29F3N4OS.CH4/c23-22(24,25)9-12-29-10-7-17(8-11-29)31-14-20-27-19-13-16(26-15-3-1-2-4-15)5-6-18(19)21(30)28-20;/h5-6,13,15,17,26H,1-4,7-12,14H2,(H,27,28,30);1H4. The Bertz CT molecular complexity index is 935. The van der Waals surface area contributed by atoms with Crippen molar-refractivity contribution in [2.75, 3.05) is 25.0 Å². The highest BCUT2D eigenvalue weighted by Gasteiger charge is 2.29. The van der Waals surface area contributed by atoms with Crippen molar-refractivity contribution >= 4 is 28.4 Å². The third-order valence-electron chi connectivity index (χ3n) is 6.18. The van der Waals surface area contributed by atoms with Gasteiger partial charge >= 0.3 is 6.18 Å². The van der Waals surface area contributed by atoms with Gasteiger partial charge in [-0.15, -0.1) is 0 Å². The summed E-state index contributed by atoms with van der Waals surface area (Å²) < 4.78 is 37.2. The minimum atomic E-state index is -4.09. The predicted molar refractivity (Wildman–Crippen MR) is 126 cm³/mol. The number of halogens is 3. The van der Waals surface area contributed by atoms with E-state index in [1.54, 1.807) is 11.8 Å². The molecule has 0 unspecified atom stereocenters. The van der Waals surface area contributed by atoms with Gasteiger partial charge in [-0.05, 0) is 57.0 Å². The molecule has 1 aliphatic heterocycles. The molecular formula is C23H33F3N4OS. The van der Waals surface area contributed by atoms with Gasteiger partial charge in [0.15, 0.2) is 0 Å². The number of nitrogens with zero attached hydrogens (tertiary/aromatic N) is 2. The van der Waals surface area contributed by atoms with E-state index in [4.69, 9.17) is 0 Å². The van der Waals surface area contributed by atoms with Crippen LogP contribution in [-0.4, -0.2) is 52.0 Å². The summed E-state index contributed by atoms with van der Waals surface area (Å²) in [6.07, 6.45) is 1.75. The summed E-state index contributed by atoms with van der Waals surface area (Å²) in [5.41, 5.74) is 1.57. The highest BCUT2D eigenvalue weighted by molar-refractivity contribution is 7.99. The zero-order chi connectivity index (χ0) is 21.8. The second-order valence-corrected chi connectivity index (χ2v) is 9.88. The van der Waals surface area contributed by atoms with Gasteiger partial charge in [0, 0.05) is 23.5 Å². The lowest BCUT2D eigenvalue weighted by atomic mass is 10.1. The highest BCUT2D eigenvalue weighted by Crippen LogP contribution is 2.28. The molecule has 0 atom stereocenters. The quantitative estimate of drug-likeness (QED) is 0.555. The van der Waals surface area contributed by atoms with E-state index in [2.05, 4.69) is 15.3 Å². The third-order valence-corrected chi connectivity index (χ3v) is 7.57. The minimum absolute atomic E-state index is 0. The second-order valence-electron chi connectivity index (χ2n) is 8.59. The summed E-state index contributed by atoms with van der Waals surface area (Å²) in [6, 6.07) is 6.22. The van der Waals surface area contributed by atoms with Crippen molar-refractivity contribution in [3.8, 4) is 0 Å². The molecule has 178 valence electrons. The predicted octanol–water partition coefficient (Wildman–Crippen LogP) is 5.56. The molecule has 4 rings (SSSR count). The van der Waals surface area contributed by atoms with Crippen LogP contribution in [0.5, 0.6) is 0 Å². The first-order valence-corrected chi connectivity index (χ1v) is 12.1. The Morgan fingerprint density at radius 3 is 2.56 bits per heavy atom. The number of nitrogens with one attached hydrogen (secondary N) is 2. The van der Waals surface area contributed by atoms with Gasteiger partial charge in [0.1, 0.15) is 5.82 Å². The van der Waals surface area contributed by atoms with Gasteiger partial charge in [-0.2, -0.15) is 24.9 Å². The van der Waals surface area contributed by atoms with Gasteiger partial charge in [-0.1, -0.05) is 20.3 Å². The van der Waals surface area contributed by atoms with E-state index < -0.39 is 12.6 Å². The van der Waals surface area contributed by atoms with Crippen molar-refractivity contribution in [1.82, 2.24) is 14.9 Å². The number of aromatic amines is 1. The van der Waals surface area contributed by atoms with Gasteiger partial charge in [-0.25, -0.2) is 4.98 Å². The maximum Gasteiger partial charge on any atom is 0.390 e. The summed E-state index contributed by atoms with van der Waals surface area (Å²) >= 11 is 1.73. The molecule has 2 aromatic rings. The molecule has 1 saturated heterocycles. The number of alkyl halides is 3. The number of fused-ring (bicyclic) bond motifs is 1. The fourth-order valence-electron chi connectivity index (χ4n) is 4.43. The second kappa shape index (κ2) is 10.9. The van der Waals surface area contributed by atoms with Crippen LogP contribution in [0.3, 0.4) is 0 Å². The zero-order valence-corrected chi connectivity index (χ0v) is 18.3. The lowest BCUT2D eigenvalue weighted by Gasteiger charge is -2.31. The topological polar surface area (TPSA) is 61.0 Å². The molecule has 1 aliphatic carbocycles. The SMILES string of the molecule is C.O=c1[nH]c(CSC2CCN(CCC(F)(F)F)CC2)nc2cc(NC3CCCC3)ccc12. The van der Waals surface area contributed by atoms with E-state index in [-0.39, 0.29) is 19.5 Å². The average molecular weight is 471 g/mol. The number of rotatable bonds is 7. The van der Waals surface area contributed by atoms with Crippen LogP contribution in [0.25, 0.3) is 10.9 Å². The first-order chi connectivity index (χ1) is 14.9. The summed E-state index contributed by atoms with van der Waals surface area (Å²) in [5, 5.41) is 4.51. The van der Waals surface area contributed by atoms with Crippen molar-refractivity contribution in [2.24, 2.45) is 0 Å². The van der Waals surface area contributed by atoms with Crippen LogP contribution in [0.1, 0.15) is 58.2 Å². The van der Waals surface area contributed by atoms with E-state index in [0.717, 1.165) is 18.5 Å². The molecule has 0 spiro atoms. The van der Waals surface area contributed by atoms with E-state index in [0.29, 0.717) is 46.9 Å². The molecule has 1 aromatic carbocycles. The van der Waals surface area contributed by atoms with Crippen LogP contribution in [-0.2, 0) is 5.75 Å². The van der Waals surface area contributed by atoms with Crippen LogP contribution in [0.15, 0.2) is 23.0 Å². The Hall–Kier alpha value is -1.74. The van der Waals surface area contributed by atoms with Gasteiger partial charge in [0.25, 0.3) is 5.56 Å². The molecule has 2 aliphatic rings. The van der Waals surface area contributed by atoms with Crippen molar-refractivity contribution in [2.45, 2.75) is 75.6 Å². The van der Waals surface area contributed by atoms with E-state index >= 15 is 0 Å². The maximum atomic E-state index is 12.5. The Labute approximate surface area is 191 Å². The molecule has 9 heteroatoms. The number of hydrogen-bond donors (Lipinski definition) is 2. The lowest BCUT2D eigenvalue weighted by Crippen LogP contribution is -2.37. The van der Waals surface area contributed by atoms with Gasteiger partial charge in [0.05, 0.1) is 23.1 Å². The zero-order valence-electron chi connectivity index (χ0n) is 17.5. The fraction of sp³-hybridized carbons (Fsp3) is 0.652. The first kappa shape index (κ1) is 24.9. The monoisotopic (exact) mass is 470 g/mol. The highest BCUT2D eigenvalue weighted by atomic mass is 32.2. The number of H-pyrrole nitrogens is 1. The molecule has 1 saturated carbocycles. The van der Waals surface area contributed by atoms with Crippen LogP contribution in [0, 0.1) is 0 Å². The Kier molecular flexibility index (Phi) is 8.49. The normalized spacial score (nSPS) is 18.7. The number of piperidine rings is 1. The number of anilines is 1. The third kappa shape index (κ3) is 6.88. The molecular weight excluding hydrogens is 437 g/mol. The fourth-order valence-corrected chi connectivity index (χ4v) is 5.51. The smallest absolute Gasteiger partial charge is 0.382 e. The molecule has 2 fully saturated rings. The molecule has 32 heavy (non-hydrogen) atoms. The van der Waals surface area contributed by atoms with Gasteiger partial charge in [0.2, 0.25) is 0 Å². The Morgan fingerprint density at radius 1 is 1.16 bits per heavy atom. The largest absolute Gasteiger partial charge is 0.390 e. The molecule has 2 N–H and O–H groups in total. The number of benzene rings is 1. The molecule has 2 heterocycles. The number of aromatic nitrogens is 2. The molecule has 1 aromatic heterocycles. The molecule has 5 nitrogen and oxygen atoms in total. The van der Waals surface area contributed by atoms with E-state index in [1.807, 2.05) is 23.1 Å². The lowest BCUT2D eigenvalue weighted by molar-refractivity contribution is -0.138. The number of hydrogen-bond acceptors (Lipinski definition) is 5. The Balaban J connectivity index is 0.00000289. The summed E-state index contributed by atoms with van der Waals surface area (Å²) in [4.78, 5) is 21.9. The summed E-state index contributed by atoms with van der Waals surface area (Å²) in [5.74, 6) is 1.25. The van der Waals surface area contributed by atoms with Crippen molar-refractivity contribution < 1.29 is 13.2 Å². The number of thioether (sulfide) groups is 1. The minimum Gasteiger partial charge on any atom is -0.382 e. The number of likely N-dealkylation sites (tertiary alicyclic amines) is 1. The van der Waals surface area contributed by atoms with Crippen LogP contribution in [0.2, 0.25) is 0 Å². The van der Waals surface area contributed by atoms with Gasteiger partial charge in [-0.3, -0.25) is 4.79 Å². The first-order valence-electron chi connectivity index (χ1n) is 11.1.